The molecule has 2 unspecified atom stereocenters. The van der Waals surface area contributed by atoms with E-state index in [2.05, 4.69) is 12.2 Å². The first-order valence-corrected chi connectivity index (χ1v) is 7.72. The fourth-order valence-corrected chi connectivity index (χ4v) is 3.19. The minimum Gasteiger partial charge on any atom is -0.494 e. The molecular formula is C15H21NO2S. The average Bonchev–Trinajstić information content (AvgIpc) is 2.76. The number of hydrogen-bond acceptors (Lipinski definition) is 3. The van der Waals surface area contributed by atoms with Crippen molar-refractivity contribution in [1.82, 2.24) is 5.32 Å². The molecule has 2 atom stereocenters. The Morgan fingerprint density at radius 3 is 3.00 bits per heavy atom. The van der Waals surface area contributed by atoms with E-state index in [9.17, 15) is 4.79 Å². The summed E-state index contributed by atoms with van der Waals surface area (Å²) < 4.78 is 5.43. The molecule has 104 valence electrons. The Labute approximate surface area is 119 Å². The third-order valence-corrected chi connectivity index (χ3v) is 4.28. The minimum atomic E-state index is 0.0346. The minimum absolute atomic E-state index is 0.0346. The predicted octanol–water partition coefficient (Wildman–Crippen LogP) is 4.08. The maximum atomic E-state index is 12.0. The summed E-state index contributed by atoms with van der Waals surface area (Å²) in [5.74, 6) is 1.41. The van der Waals surface area contributed by atoms with Gasteiger partial charge in [0, 0.05) is 10.9 Å². The van der Waals surface area contributed by atoms with Crippen LogP contribution in [0, 0.1) is 5.92 Å². The zero-order valence-corrected chi connectivity index (χ0v) is 12.3. The molecule has 1 saturated carbocycles. The fraction of sp³-hybridized carbons (Fsp3) is 0.533. The van der Waals surface area contributed by atoms with Crippen LogP contribution in [-0.4, -0.2) is 17.9 Å². The number of carbonyl (C=O) groups is 1. The van der Waals surface area contributed by atoms with Crippen molar-refractivity contribution in [3.05, 3.63) is 24.3 Å². The number of carbonyl (C=O) groups excluding carboxylic acids is 1. The molecule has 19 heavy (non-hydrogen) atoms. The molecule has 3 nitrogen and oxygen atoms in total. The molecule has 0 heterocycles. The summed E-state index contributed by atoms with van der Waals surface area (Å²) in [5.41, 5.74) is 0. The molecule has 1 amide bonds. The van der Waals surface area contributed by atoms with Gasteiger partial charge in [-0.15, -0.1) is 0 Å². The van der Waals surface area contributed by atoms with Crippen LogP contribution in [0.1, 0.15) is 33.1 Å². The largest absolute Gasteiger partial charge is 0.494 e. The quantitative estimate of drug-likeness (QED) is 0.844. The fourth-order valence-electron chi connectivity index (χ4n) is 2.44. The topological polar surface area (TPSA) is 38.3 Å². The Balaban J connectivity index is 1.89. The lowest BCUT2D eigenvalue weighted by molar-refractivity contribution is 0.255. The highest BCUT2D eigenvalue weighted by Crippen LogP contribution is 2.28. The molecule has 0 aliphatic heterocycles. The average molecular weight is 279 g/mol. The lowest BCUT2D eigenvalue weighted by atomic mass is 10.1. The van der Waals surface area contributed by atoms with Gasteiger partial charge in [-0.25, -0.2) is 0 Å². The van der Waals surface area contributed by atoms with Gasteiger partial charge in [-0.1, -0.05) is 19.4 Å². The number of thioether (sulfide) groups is 1. The van der Waals surface area contributed by atoms with Gasteiger partial charge in [-0.2, -0.15) is 0 Å². The molecule has 0 aromatic heterocycles. The highest BCUT2D eigenvalue weighted by molar-refractivity contribution is 8.13. The van der Waals surface area contributed by atoms with Gasteiger partial charge in [0.1, 0.15) is 5.75 Å². The van der Waals surface area contributed by atoms with Gasteiger partial charge in [0.25, 0.3) is 5.24 Å². The molecular weight excluding hydrogens is 258 g/mol. The molecule has 4 heteroatoms. The first kappa shape index (κ1) is 14.3. The van der Waals surface area contributed by atoms with Gasteiger partial charge in [-0.05, 0) is 55.6 Å². The van der Waals surface area contributed by atoms with E-state index in [1.807, 2.05) is 31.2 Å². The van der Waals surface area contributed by atoms with Crippen LogP contribution in [-0.2, 0) is 0 Å². The van der Waals surface area contributed by atoms with E-state index in [1.54, 1.807) is 0 Å². The van der Waals surface area contributed by atoms with E-state index >= 15 is 0 Å². The van der Waals surface area contributed by atoms with E-state index in [1.165, 1.54) is 24.6 Å². The zero-order chi connectivity index (χ0) is 13.7. The van der Waals surface area contributed by atoms with Gasteiger partial charge in [-0.3, -0.25) is 4.79 Å². The Bertz CT molecular complexity index is 436. The number of amides is 1. The molecule has 1 fully saturated rings. The van der Waals surface area contributed by atoms with Crippen LogP contribution < -0.4 is 10.1 Å². The van der Waals surface area contributed by atoms with E-state index in [0.29, 0.717) is 18.6 Å². The summed E-state index contributed by atoms with van der Waals surface area (Å²) in [6.07, 6.45) is 3.54. The van der Waals surface area contributed by atoms with E-state index < -0.39 is 0 Å². The summed E-state index contributed by atoms with van der Waals surface area (Å²) in [6, 6.07) is 8.01. The molecule has 0 bridgehead atoms. The Hall–Kier alpha value is -1.16. The molecule has 1 aliphatic carbocycles. The van der Waals surface area contributed by atoms with E-state index in [4.69, 9.17) is 4.74 Å². The van der Waals surface area contributed by atoms with Crippen LogP contribution in [0.4, 0.5) is 4.79 Å². The third-order valence-electron chi connectivity index (χ3n) is 3.49. The smallest absolute Gasteiger partial charge is 0.284 e. The molecule has 0 saturated heterocycles. The van der Waals surface area contributed by atoms with Crippen molar-refractivity contribution in [2.24, 2.45) is 5.92 Å². The zero-order valence-electron chi connectivity index (χ0n) is 11.5. The Kier molecular flexibility index (Phi) is 5.14. The van der Waals surface area contributed by atoms with Gasteiger partial charge >= 0.3 is 0 Å². The Morgan fingerprint density at radius 2 is 2.32 bits per heavy atom. The van der Waals surface area contributed by atoms with Crippen molar-refractivity contribution in [3.63, 3.8) is 0 Å². The SMILES string of the molecule is CCOc1cccc(SC(=O)NC2CCCC2C)c1. The third kappa shape index (κ3) is 4.16. The van der Waals surface area contributed by atoms with Crippen molar-refractivity contribution in [2.45, 2.75) is 44.0 Å². The number of rotatable bonds is 4. The lowest BCUT2D eigenvalue weighted by Crippen LogP contribution is -2.33. The summed E-state index contributed by atoms with van der Waals surface area (Å²) >= 11 is 1.24. The van der Waals surface area contributed by atoms with Crippen LogP contribution in [0.15, 0.2) is 29.2 Å². The van der Waals surface area contributed by atoms with Gasteiger partial charge in [0.2, 0.25) is 0 Å². The van der Waals surface area contributed by atoms with Crippen LogP contribution in [0.5, 0.6) is 5.75 Å². The van der Waals surface area contributed by atoms with Crippen molar-refractivity contribution < 1.29 is 9.53 Å². The summed E-state index contributed by atoms with van der Waals surface area (Å²) in [6.45, 7) is 4.80. The van der Waals surface area contributed by atoms with Gasteiger partial charge in [0.05, 0.1) is 6.61 Å². The van der Waals surface area contributed by atoms with Crippen LogP contribution in [0.2, 0.25) is 0 Å². The summed E-state index contributed by atoms with van der Waals surface area (Å²) in [5, 5.41) is 3.15. The predicted molar refractivity (Wildman–Crippen MR) is 78.8 cm³/mol. The standard InChI is InChI=1S/C15H21NO2S/c1-3-18-12-7-5-8-13(10-12)19-15(17)16-14-9-4-6-11(14)2/h5,7-8,10-11,14H,3-4,6,9H2,1-2H3,(H,16,17). The monoisotopic (exact) mass is 279 g/mol. The van der Waals surface area contributed by atoms with Crippen molar-refractivity contribution in [2.75, 3.05) is 6.61 Å². The normalized spacial score (nSPS) is 22.2. The second-order valence-corrected chi connectivity index (χ2v) is 6.00. The Morgan fingerprint density at radius 1 is 1.47 bits per heavy atom. The molecule has 1 aromatic carbocycles. The van der Waals surface area contributed by atoms with E-state index in [-0.39, 0.29) is 5.24 Å². The van der Waals surface area contributed by atoms with Crippen molar-refractivity contribution in [1.29, 1.82) is 0 Å². The van der Waals surface area contributed by atoms with E-state index in [0.717, 1.165) is 17.1 Å². The molecule has 1 aliphatic rings. The maximum Gasteiger partial charge on any atom is 0.284 e. The van der Waals surface area contributed by atoms with Crippen LogP contribution in [0.25, 0.3) is 0 Å². The molecule has 1 N–H and O–H groups in total. The number of nitrogens with one attached hydrogen (secondary N) is 1. The number of ether oxygens (including phenoxy) is 1. The molecule has 2 rings (SSSR count). The highest BCUT2D eigenvalue weighted by atomic mass is 32.2. The number of hydrogen-bond donors (Lipinski definition) is 1. The molecule has 0 radical (unpaired) electrons. The lowest BCUT2D eigenvalue weighted by Gasteiger charge is -2.16. The maximum absolute atomic E-state index is 12.0. The highest BCUT2D eigenvalue weighted by Gasteiger charge is 2.24. The van der Waals surface area contributed by atoms with Gasteiger partial charge in [0.15, 0.2) is 0 Å². The second kappa shape index (κ2) is 6.85. The first-order valence-electron chi connectivity index (χ1n) is 6.90. The second-order valence-electron chi connectivity index (χ2n) is 4.96. The van der Waals surface area contributed by atoms with Crippen LogP contribution in [0.3, 0.4) is 0 Å². The van der Waals surface area contributed by atoms with Gasteiger partial charge < -0.3 is 10.1 Å². The van der Waals surface area contributed by atoms with Crippen molar-refractivity contribution in [3.8, 4) is 5.75 Å². The molecule has 0 spiro atoms. The molecule has 1 aromatic rings. The number of benzene rings is 1. The van der Waals surface area contributed by atoms with Crippen LogP contribution >= 0.6 is 11.8 Å². The van der Waals surface area contributed by atoms with Crippen molar-refractivity contribution >= 4 is 17.0 Å². The first-order chi connectivity index (χ1) is 9.19. The summed E-state index contributed by atoms with van der Waals surface area (Å²) in [7, 11) is 0. The summed E-state index contributed by atoms with van der Waals surface area (Å²) in [4.78, 5) is 12.9.